The fraction of sp³-hybridized carbons (Fsp3) is 0.118. The summed E-state index contributed by atoms with van der Waals surface area (Å²) in [5, 5.41) is 11.5. The molecule has 0 spiro atoms. The summed E-state index contributed by atoms with van der Waals surface area (Å²) in [6, 6.07) is 7.69. The van der Waals surface area contributed by atoms with E-state index in [0.29, 0.717) is 35.3 Å². The summed E-state index contributed by atoms with van der Waals surface area (Å²) < 4.78 is 10.1. The number of nitrogens with zero attached hydrogens (tertiary/aromatic N) is 4. The van der Waals surface area contributed by atoms with Crippen LogP contribution in [0.25, 0.3) is 23.0 Å². The lowest BCUT2D eigenvalue weighted by Crippen LogP contribution is -2.07. The number of rotatable bonds is 5. The van der Waals surface area contributed by atoms with Gasteiger partial charge in [-0.05, 0) is 68.1 Å². The van der Waals surface area contributed by atoms with Crippen LogP contribution in [0.2, 0.25) is 0 Å². The molecule has 0 unspecified atom stereocenters. The molecule has 0 amide bonds. The minimum atomic E-state index is 0.484. The molecular weight excluding hydrogens is 544 g/mol. The van der Waals surface area contributed by atoms with Crippen molar-refractivity contribution >= 4 is 53.6 Å². The summed E-state index contributed by atoms with van der Waals surface area (Å²) in [6.45, 7) is 0.633. The third-order valence-corrected chi connectivity index (χ3v) is 6.63. The van der Waals surface area contributed by atoms with Crippen LogP contribution in [0.15, 0.2) is 54.6 Å². The van der Waals surface area contributed by atoms with Gasteiger partial charge in [-0.1, -0.05) is 15.9 Å². The molecule has 0 saturated heterocycles. The van der Waals surface area contributed by atoms with Gasteiger partial charge in [0.05, 0.1) is 18.0 Å². The highest BCUT2D eigenvalue weighted by Crippen LogP contribution is 2.31. The first-order chi connectivity index (χ1) is 13.0. The Labute approximate surface area is 179 Å². The molecule has 10 heteroatoms. The summed E-state index contributed by atoms with van der Waals surface area (Å²) >= 11 is 10.6. The third kappa shape index (κ3) is 3.74. The van der Waals surface area contributed by atoms with Crippen molar-refractivity contribution in [2.45, 2.75) is 13.0 Å². The van der Waals surface area contributed by atoms with Gasteiger partial charge >= 0.3 is 0 Å². The number of hydrogen-bond acceptors (Lipinski definition) is 5. The van der Waals surface area contributed by atoms with Crippen molar-refractivity contribution in [2.24, 2.45) is 0 Å². The van der Waals surface area contributed by atoms with Crippen LogP contribution in [0.4, 0.5) is 5.82 Å². The van der Waals surface area contributed by atoms with E-state index in [9.17, 15) is 0 Å². The number of H-pyrrole nitrogens is 1. The lowest BCUT2D eigenvalue weighted by Gasteiger charge is -2.08. The monoisotopic (exact) mass is 554 g/mol. The van der Waals surface area contributed by atoms with Crippen LogP contribution in [-0.2, 0) is 13.0 Å². The standard InChI is InChI=1S/C17H13Br3N6O/c18-11-7-13(20)12(19)6-9(11)3-4-26-15(21)10(8-22-26)16-23-17(25-24-16)14-2-1-5-27-14/h1-2,5-8H,3-4,21H2,(H,23,24,25). The van der Waals surface area contributed by atoms with Crippen molar-refractivity contribution in [3.8, 4) is 23.0 Å². The molecule has 4 aromatic rings. The first kappa shape index (κ1) is 18.5. The van der Waals surface area contributed by atoms with Gasteiger partial charge in [0.15, 0.2) is 17.4 Å². The molecule has 138 valence electrons. The van der Waals surface area contributed by atoms with Crippen LogP contribution in [0, 0.1) is 0 Å². The number of aryl methyl sites for hydroxylation is 2. The molecule has 0 bridgehead atoms. The molecular formula is C17H13Br3N6O. The van der Waals surface area contributed by atoms with E-state index in [-0.39, 0.29) is 0 Å². The SMILES string of the molecule is Nc1c(-c2n[nH]c(-c3ccco3)n2)cnn1CCc1cc(Br)c(Br)cc1Br. The predicted octanol–water partition coefficient (Wildman–Crippen LogP) is 5.04. The van der Waals surface area contributed by atoms with Crippen LogP contribution < -0.4 is 5.73 Å². The number of furan rings is 1. The van der Waals surface area contributed by atoms with Crippen molar-refractivity contribution in [3.63, 3.8) is 0 Å². The van der Waals surface area contributed by atoms with Crippen molar-refractivity contribution in [1.29, 1.82) is 0 Å². The van der Waals surface area contributed by atoms with E-state index in [1.807, 2.05) is 12.1 Å². The third-order valence-electron chi connectivity index (χ3n) is 4.04. The zero-order valence-corrected chi connectivity index (χ0v) is 18.5. The van der Waals surface area contributed by atoms with Crippen LogP contribution in [0.3, 0.4) is 0 Å². The van der Waals surface area contributed by atoms with Gasteiger partial charge in [0.25, 0.3) is 0 Å². The maximum atomic E-state index is 6.27. The number of halogens is 3. The molecule has 3 N–H and O–H groups in total. The Morgan fingerprint density at radius 1 is 1.15 bits per heavy atom. The maximum Gasteiger partial charge on any atom is 0.192 e. The van der Waals surface area contributed by atoms with Crippen LogP contribution in [0.1, 0.15) is 5.56 Å². The molecule has 0 saturated carbocycles. The molecule has 0 atom stereocenters. The minimum Gasteiger partial charge on any atom is -0.461 e. The van der Waals surface area contributed by atoms with Crippen LogP contribution >= 0.6 is 47.8 Å². The predicted molar refractivity (Wildman–Crippen MR) is 113 cm³/mol. The lowest BCUT2D eigenvalue weighted by atomic mass is 10.1. The molecule has 0 aliphatic rings. The van der Waals surface area contributed by atoms with Crippen molar-refractivity contribution in [2.75, 3.05) is 5.73 Å². The Morgan fingerprint density at radius 3 is 2.74 bits per heavy atom. The molecule has 3 aromatic heterocycles. The van der Waals surface area contributed by atoms with Crippen molar-refractivity contribution in [1.82, 2.24) is 25.0 Å². The van der Waals surface area contributed by atoms with Gasteiger partial charge in [-0.25, -0.2) is 9.67 Å². The molecule has 0 radical (unpaired) electrons. The average Bonchev–Trinajstić information content (AvgIpc) is 3.37. The van der Waals surface area contributed by atoms with E-state index in [4.69, 9.17) is 10.2 Å². The van der Waals surface area contributed by atoms with Gasteiger partial charge in [0.1, 0.15) is 5.82 Å². The second-order valence-corrected chi connectivity index (χ2v) is 8.32. The van der Waals surface area contributed by atoms with Gasteiger partial charge in [-0.2, -0.15) is 10.2 Å². The van der Waals surface area contributed by atoms with Gasteiger partial charge in [-0.3, -0.25) is 5.10 Å². The molecule has 0 aliphatic carbocycles. The largest absolute Gasteiger partial charge is 0.461 e. The number of nitrogen functional groups attached to an aromatic ring is 1. The van der Waals surface area contributed by atoms with Gasteiger partial charge < -0.3 is 10.2 Å². The summed E-state index contributed by atoms with van der Waals surface area (Å²) in [5.74, 6) is 2.17. The van der Waals surface area contributed by atoms with Crippen LogP contribution in [-0.4, -0.2) is 25.0 Å². The molecule has 0 aliphatic heterocycles. The number of hydrogen-bond donors (Lipinski definition) is 2. The number of anilines is 1. The highest BCUT2D eigenvalue weighted by atomic mass is 79.9. The van der Waals surface area contributed by atoms with E-state index >= 15 is 0 Å². The number of nitrogens with one attached hydrogen (secondary N) is 1. The molecule has 7 nitrogen and oxygen atoms in total. The Balaban J connectivity index is 1.54. The quantitative estimate of drug-likeness (QED) is 0.336. The number of benzene rings is 1. The molecule has 0 fully saturated rings. The van der Waals surface area contributed by atoms with E-state index in [1.165, 1.54) is 0 Å². The summed E-state index contributed by atoms with van der Waals surface area (Å²) in [7, 11) is 0. The number of nitrogens with two attached hydrogens (primary N) is 1. The van der Waals surface area contributed by atoms with Gasteiger partial charge in [-0.15, -0.1) is 0 Å². The fourth-order valence-electron chi connectivity index (χ4n) is 2.63. The molecule has 27 heavy (non-hydrogen) atoms. The fourth-order valence-corrected chi connectivity index (χ4v) is 4.22. The van der Waals surface area contributed by atoms with Crippen molar-refractivity contribution < 1.29 is 4.42 Å². The first-order valence-corrected chi connectivity index (χ1v) is 10.3. The van der Waals surface area contributed by atoms with Gasteiger partial charge in [0.2, 0.25) is 0 Å². The van der Waals surface area contributed by atoms with E-state index in [2.05, 4.69) is 74.1 Å². The summed E-state index contributed by atoms with van der Waals surface area (Å²) in [4.78, 5) is 4.44. The topological polar surface area (TPSA) is 98.6 Å². The number of aromatic nitrogens is 5. The lowest BCUT2D eigenvalue weighted by molar-refractivity contribution is 0.577. The van der Waals surface area contributed by atoms with E-state index in [1.54, 1.807) is 23.2 Å². The van der Waals surface area contributed by atoms with E-state index < -0.39 is 0 Å². The zero-order valence-electron chi connectivity index (χ0n) is 13.8. The summed E-state index contributed by atoms with van der Waals surface area (Å²) in [5.41, 5.74) is 8.11. The summed E-state index contributed by atoms with van der Waals surface area (Å²) in [6.07, 6.45) is 4.03. The maximum absolute atomic E-state index is 6.27. The minimum absolute atomic E-state index is 0.484. The second kappa shape index (κ2) is 7.61. The first-order valence-electron chi connectivity index (χ1n) is 7.94. The second-order valence-electron chi connectivity index (χ2n) is 5.76. The molecule has 3 heterocycles. The van der Waals surface area contributed by atoms with Crippen molar-refractivity contribution in [3.05, 3.63) is 55.7 Å². The molecule has 1 aromatic carbocycles. The highest BCUT2D eigenvalue weighted by Gasteiger charge is 2.16. The van der Waals surface area contributed by atoms with E-state index in [0.717, 1.165) is 25.4 Å². The highest BCUT2D eigenvalue weighted by molar-refractivity contribution is 9.13. The average molecular weight is 557 g/mol. The normalized spacial score (nSPS) is 11.2. The van der Waals surface area contributed by atoms with Crippen LogP contribution in [0.5, 0.6) is 0 Å². The molecule has 4 rings (SSSR count). The Hall–Kier alpha value is -1.91. The Kier molecular flexibility index (Phi) is 5.20. The Bertz CT molecular complexity index is 1090. The van der Waals surface area contributed by atoms with Gasteiger partial charge in [0, 0.05) is 20.0 Å². The zero-order chi connectivity index (χ0) is 19.0. The smallest absolute Gasteiger partial charge is 0.192 e. The Morgan fingerprint density at radius 2 is 1.96 bits per heavy atom. The number of aromatic amines is 1.